The van der Waals surface area contributed by atoms with Crippen molar-refractivity contribution in [1.82, 2.24) is 0 Å². The fourth-order valence-electron chi connectivity index (χ4n) is 7.14. The van der Waals surface area contributed by atoms with Gasteiger partial charge < -0.3 is 14.2 Å². The predicted octanol–water partition coefficient (Wildman–Crippen LogP) is 18.6. The maximum atomic E-state index is 12.8. The summed E-state index contributed by atoms with van der Waals surface area (Å²) in [4.78, 5) is 38.1. The third-order valence-electron chi connectivity index (χ3n) is 11.3. The Bertz CT molecular complexity index is 1510. The van der Waals surface area contributed by atoms with Crippen LogP contribution in [-0.2, 0) is 28.6 Å². The van der Waals surface area contributed by atoms with Gasteiger partial charge in [0.05, 0.1) is 0 Å². The molecule has 0 N–H and O–H groups in total. The summed E-state index contributed by atoms with van der Waals surface area (Å²) >= 11 is 0. The fourth-order valence-corrected chi connectivity index (χ4v) is 7.14. The Kier molecular flexibility index (Phi) is 52.5. The summed E-state index contributed by atoms with van der Waals surface area (Å²) in [5, 5.41) is 0. The van der Waals surface area contributed by atoms with Crippen molar-refractivity contribution in [3.8, 4) is 0 Å². The molecule has 69 heavy (non-hydrogen) atoms. The first kappa shape index (κ1) is 64.5. The van der Waals surface area contributed by atoms with Crippen LogP contribution >= 0.6 is 0 Å². The van der Waals surface area contributed by atoms with E-state index in [2.05, 4.69) is 81.5 Å². The Morgan fingerprint density at radius 2 is 0.638 bits per heavy atom. The van der Waals surface area contributed by atoms with Crippen molar-refractivity contribution in [1.29, 1.82) is 0 Å². The lowest BCUT2D eigenvalue weighted by Gasteiger charge is -2.18. The molecule has 0 aliphatic heterocycles. The lowest BCUT2D eigenvalue weighted by molar-refractivity contribution is -0.167. The predicted molar refractivity (Wildman–Crippen MR) is 297 cm³/mol. The Labute approximate surface area is 424 Å². The molecule has 0 saturated heterocycles. The van der Waals surface area contributed by atoms with E-state index in [1.807, 2.05) is 72.9 Å². The molecule has 0 aliphatic rings. The van der Waals surface area contributed by atoms with Crippen LogP contribution in [0.5, 0.6) is 0 Å². The van der Waals surface area contributed by atoms with Crippen molar-refractivity contribution >= 4 is 17.9 Å². The van der Waals surface area contributed by atoms with Gasteiger partial charge >= 0.3 is 17.9 Å². The van der Waals surface area contributed by atoms with Gasteiger partial charge in [0.25, 0.3) is 0 Å². The second-order valence-corrected chi connectivity index (χ2v) is 17.9. The average molecular weight is 953 g/mol. The molecule has 0 spiro atoms. The molecule has 1 unspecified atom stereocenters. The molecular formula is C63H100O6. The van der Waals surface area contributed by atoms with Gasteiger partial charge in [-0.05, 0) is 96.3 Å². The van der Waals surface area contributed by atoms with Gasteiger partial charge in [-0.1, -0.05) is 244 Å². The Morgan fingerprint density at radius 1 is 0.319 bits per heavy atom. The first-order valence-corrected chi connectivity index (χ1v) is 27.8. The van der Waals surface area contributed by atoms with Gasteiger partial charge in [-0.2, -0.15) is 0 Å². The maximum absolute atomic E-state index is 12.8. The van der Waals surface area contributed by atoms with E-state index in [0.717, 1.165) is 64.2 Å². The van der Waals surface area contributed by atoms with Crippen LogP contribution in [0.1, 0.15) is 226 Å². The smallest absolute Gasteiger partial charge is 0.306 e. The topological polar surface area (TPSA) is 78.9 Å². The summed E-state index contributed by atoms with van der Waals surface area (Å²) in [6.07, 6.45) is 78.6. The van der Waals surface area contributed by atoms with Crippen LogP contribution in [0.2, 0.25) is 0 Å². The number of unbranched alkanes of at least 4 members (excludes halogenated alkanes) is 21. The summed E-state index contributed by atoms with van der Waals surface area (Å²) in [7, 11) is 0. The molecule has 0 radical (unpaired) electrons. The van der Waals surface area contributed by atoms with Crippen LogP contribution < -0.4 is 0 Å². The minimum absolute atomic E-state index is 0.120. The van der Waals surface area contributed by atoms with Gasteiger partial charge in [0.15, 0.2) is 6.10 Å². The van der Waals surface area contributed by atoms with E-state index in [0.29, 0.717) is 19.3 Å². The lowest BCUT2D eigenvalue weighted by Crippen LogP contribution is -2.30. The van der Waals surface area contributed by atoms with E-state index >= 15 is 0 Å². The normalized spacial score (nSPS) is 13.1. The highest BCUT2D eigenvalue weighted by molar-refractivity contribution is 5.71. The van der Waals surface area contributed by atoms with E-state index in [4.69, 9.17) is 14.2 Å². The molecule has 388 valence electrons. The van der Waals surface area contributed by atoms with E-state index in [-0.39, 0.29) is 44.0 Å². The average Bonchev–Trinajstić information content (AvgIpc) is 3.35. The van der Waals surface area contributed by atoms with Crippen LogP contribution in [0.4, 0.5) is 0 Å². The van der Waals surface area contributed by atoms with Crippen LogP contribution in [0.15, 0.2) is 134 Å². The van der Waals surface area contributed by atoms with Crippen LogP contribution in [0, 0.1) is 0 Å². The fraction of sp³-hybridized carbons (Fsp3) is 0.603. The SMILES string of the molecule is CC\C=C/C=C\C=C/C=C\C=C\C=C/C=C\CCCCCC(=O)OCC(COC(=O)CCCCCCCCC/C=C\CCCCCC)OC(=O)CCC/C=C\C/C=C\C/C=C\CCCCCCCC. The number of esters is 3. The second-order valence-electron chi connectivity index (χ2n) is 17.9. The van der Waals surface area contributed by atoms with E-state index < -0.39 is 6.10 Å². The van der Waals surface area contributed by atoms with Gasteiger partial charge in [0.2, 0.25) is 0 Å². The largest absolute Gasteiger partial charge is 0.462 e. The summed E-state index contributed by atoms with van der Waals surface area (Å²) in [6, 6.07) is 0. The molecular weight excluding hydrogens is 853 g/mol. The van der Waals surface area contributed by atoms with Gasteiger partial charge in [-0.3, -0.25) is 14.4 Å². The summed E-state index contributed by atoms with van der Waals surface area (Å²) in [6.45, 7) is 6.38. The zero-order valence-corrected chi connectivity index (χ0v) is 44.3. The Balaban J connectivity index is 4.60. The van der Waals surface area contributed by atoms with Crippen LogP contribution in [-0.4, -0.2) is 37.2 Å². The Hall–Kier alpha value is -4.45. The first-order valence-electron chi connectivity index (χ1n) is 27.8. The molecule has 1 atom stereocenters. The first-order chi connectivity index (χ1) is 34.0. The quantitative estimate of drug-likeness (QED) is 0.0199. The van der Waals surface area contributed by atoms with E-state index in [1.54, 1.807) is 0 Å². The molecule has 0 aromatic carbocycles. The summed E-state index contributed by atoms with van der Waals surface area (Å²) in [5.74, 6) is -1.03. The number of carbonyl (C=O) groups excluding carboxylic acids is 3. The zero-order valence-electron chi connectivity index (χ0n) is 44.3. The molecule has 0 saturated carbocycles. The summed E-state index contributed by atoms with van der Waals surface area (Å²) < 4.78 is 16.8. The van der Waals surface area contributed by atoms with Crippen LogP contribution in [0.3, 0.4) is 0 Å². The van der Waals surface area contributed by atoms with Gasteiger partial charge in [-0.25, -0.2) is 0 Å². The van der Waals surface area contributed by atoms with Crippen molar-refractivity contribution in [2.75, 3.05) is 13.2 Å². The lowest BCUT2D eigenvalue weighted by atomic mass is 10.1. The molecule has 0 bridgehead atoms. The minimum Gasteiger partial charge on any atom is -0.462 e. The number of rotatable bonds is 48. The molecule has 0 aromatic heterocycles. The monoisotopic (exact) mass is 953 g/mol. The van der Waals surface area contributed by atoms with Crippen molar-refractivity contribution in [2.45, 2.75) is 232 Å². The number of hydrogen-bond acceptors (Lipinski definition) is 6. The number of carbonyl (C=O) groups is 3. The van der Waals surface area contributed by atoms with Crippen molar-refractivity contribution < 1.29 is 28.6 Å². The molecule has 0 fully saturated rings. The minimum atomic E-state index is -0.830. The van der Waals surface area contributed by atoms with Crippen molar-refractivity contribution in [2.24, 2.45) is 0 Å². The highest BCUT2D eigenvalue weighted by Gasteiger charge is 2.19. The summed E-state index contributed by atoms with van der Waals surface area (Å²) in [5.41, 5.74) is 0. The Morgan fingerprint density at radius 3 is 1.10 bits per heavy atom. The highest BCUT2D eigenvalue weighted by atomic mass is 16.6. The van der Waals surface area contributed by atoms with Gasteiger partial charge in [-0.15, -0.1) is 0 Å². The van der Waals surface area contributed by atoms with Gasteiger partial charge in [0.1, 0.15) is 13.2 Å². The third kappa shape index (κ3) is 54.4. The molecule has 6 heteroatoms. The van der Waals surface area contributed by atoms with Crippen LogP contribution in [0.25, 0.3) is 0 Å². The third-order valence-corrected chi connectivity index (χ3v) is 11.3. The second kappa shape index (κ2) is 56.1. The molecule has 0 heterocycles. The zero-order chi connectivity index (χ0) is 50.0. The van der Waals surface area contributed by atoms with E-state index in [1.165, 1.54) is 109 Å². The number of hydrogen-bond donors (Lipinski definition) is 0. The maximum Gasteiger partial charge on any atom is 0.306 e. The van der Waals surface area contributed by atoms with E-state index in [9.17, 15) is 14.4 Å². The molecule has 0 amide bonds. The highest BCUT2D eigenvalue weighted by Crippen LogP contribution is 2.13. The molecule has 0 aromatic rings. The molecule has 6 nitrogen and oxygen atoms in total. The van der Waals surface area contributed by atoms with Crippen molar-refractivity contribution in [3.63, 3.8) is 0 Å². The van der Waals surface area contributed by atoms with Gasteiger partial charge in [0, 0.05) is 19.3 Å². The molecule has 0 rings (SSSR count). The van der Waals surface area contributed by atoms with Crippen molar-refractivity contribution in [3.05, 3.63) is 134 Å². The number of ether oxygens (including phenoxy) is 3. The standard InChI is InChI=1S/C63H100O6/c1-4-7-10-13-16-19-22-25-28-30-31-33-35-38-41-44-47-50-53-56-62(65)68-59-60(58-67-61(64)55-52-49-46-43-40-37-34-27-24-21-18-15-12-9-6-3)69-63(66)57-54-51-48-45-42-39-36-32-29-26-23-20-17-14-11-8-5-2/h7,10,13,16,19,21-22,24-26,28-31,33,35-36,38-39,41,45,48,60H,4-6,8-9,11-12,14-15,17-18,20,23,27,32,34,37,40,42-44,46-47,49-59H2,1-3H3/b10-7-,16-13-,22-19-,24-21-,28-25-,29-26-,31-30+,35-33-,39-36-,41-38-,48-45-. The number of allylic oxidation sites excluding steroid dienone is 22. The molecule has 0 aliphatic carbocycles.